The van der Waals surface area contributed by atoms with Gasteiger partial charge in [0, 0.05) is 0 Å². The third-order valence-electron chi connectivity index (χ3n) is 1.91. The predicted octanol–water partition coefficient (Wildman–Crippen LogP) is -0.126. The zero-order valence-corrected chi connectivity index (χ0v) is 8.92. The summed E-state index contributed by atoms with van der Waals surface area (Å²) in [4.78, 5) is 3.56. The van der Waals surface area contributed by atoms with E-state index >= 15 is 0 Å². The van der Waals surface area contributed by atoms with Crippen LogP contribution in [0.5, 0.6) is 0 Å². The molecule has 3 N–H and O–H groups in total. The predicted molar refractivity (Wildman–Crippen MR) is 56.7 cm³/mol. The molecule has 0 saturated heterocycles. The van der Waals surface area contributed by atoms with Crippen molar-refractivity contribution in [3.8, 4) is 0 Å². The van der Waals surface area contributed by atoms with Crippen LogP contribution in [0.3, 0.4) is 0 Å². The van der Waals surface area contributed by atoms with Crippen LogP contribution in [-0.4, -0.2) is 23.6 Å². The lowest BCUT2D eigenvalue weighted by Crippen LogP contribution is -2.38. The average molecular weight is 239 g/mol. The molecular weight excluding hydrogens is 230 g/mol. The Kier molecular flexibility index (Phi) is 2.59. The maximum Gasteiger partial charge on any atom is 0.312 e. The molecule has 7 nitrogen and oxygen atoms in total. The third-order valence-corrected chi connectivity index (χ3v) is 3.32. The summed E-state index contributed by atoms with van der Waals surface area (Å²) in [5.74, 6) is 5.52. The molecule has 0 aliphatic rings. The van der Waals surface area contributed by atoms with Crippen molar-refractivity contribution in [2.75, 3.05) is 4.41 Å². The number of rotatable bonds is 3. The van der Waals surface area contributed by atoms with Gasteiger partial charge < -0.3 is 0 Å². The molecule has 1 heterocycles. The van der Waals surface area contributed by atoms with Crippen LogP contribution in [0, 0.1) is 0 Å². The Hall–Kier alpha value is -1.93. The lowest BCUT2D eigenvalue weighted by Gasteiger charge is -2.16. The van der Waals surface area contributed by atoms with Crippen molar-refractivity contribution in [3.05, 3.63) is 36.7 Å². The Morgan fingerprint density at radius 3 is 2.50 bits per heavy atom. The van der Waals surface area contributed by atoms with Gasteiger partial charge in [0.25, 0.3) is 5.16 Å². The van der Waals surface area contributed by atoms with Gasteiger partial charge in [0.1, 0.15) is 6.33 Å². The molecule has 16 heavy (non-hydrogen) atoms. The number of H-pyrrole nitrogens is 1. The van der Waals surface area contributed by atoms with Crippen LogP contribution in [-0.2, 0) is 10.0 Å². The highest BCUT2D eigenvalue weighted by molar-refractivity contribution is 7.92. The number of sulfonamides is 1. The van der Waals surface area contributed by atoms with E-state index in [1.54, 1.807) is 30.3 Å². The summed E-state index contributed by atoms with van der Waals surface area (Å²) in [5, 5.41) is 5.43. The Labute approximate surface area is 91.9 Å². The van der Waals surface area contributed by atoms with Gasteiger partial charge in [-0.05, 0) is 12.1 Å². The molecule has 1 aromatic carbocycles. The van der Waals surface area contributed by atoms with Gasteiger partial charge in [-0.2, -0.15) is 17.9 Å². The molecule has 8 heteroatoms. The fourth-order valence-electron chi connectivity index (χ4n) is 1.13. The maximum atomic E-state index is 11.9. The van der Waals surface area contributed by atoms with E-state index in [0.717, 1.165) is 6.33 Å². The van der Waals surface area contributed by atoms with Gasteiger partial charge in [-0.25, -0.2) is 15.9 Å². The first-order valence-electron chi connectivity index (χ1n) is 4.33. The van der Waals surface area contributed by atoms with Gasteiger partial charge >= 0.3 is 10.0 Å². The molecule has 0 spiro atoms. The van der Waals surface area contributed by atoms with E-state index in [9.17, 15) is 8.42 Å². The number of benzene rings is 1. The van der Waals surface area contributed by atoms with E-state index in [1.807, 2.05) is 0 Å². The number of anilines is 1. The fraction of sp³-hybridized carbons (Fsp3) is 0. The van der Waals surface area contributed by atoms with Gasteiger partial charge in [0.2, 0.25) is 0 Å². The second kappa shape index (κ2) is 3.91. The first-order chi connectivity index (χ1) is 7.62. The van der Waals surface area contributed by atoms with Crippen LogP contribution in [0.2, 0.25) is 0 Å². The average Bonchev–Trinajstić information content (AvgIpc) is 2.83. The molecule has 0 fully saturated rings. The Balaban J connectivity index is 2.40. The maximum absolute atomic E-state index is 11.9. The highest BCUT2D eigenvalue weighted by Crippen LogP contribution is 2.16. The van der Waals surface area contributed by atoms with E-state index in [0.29, 0.717) is 10.1 Å². The van der Waals surface area contributed by atoms with Crippen LogP contribution in [0.4, 0.5) is 5.69 Å². The summed E-state index contributed by atoms with van der Waals surface area (Å²) in [6, 6.07) is 8.29. The van der Waals surface area contributed by atoms with Crippen molar-refractivity contribution in [1.29, 1.82) is 0 Å². The van der Waals surface area contributed by atoms with Crippen molar-refractivity contribution in [3.63, 3.8) is 0 Å². The van der Waals surface area contributed by atoms with Crippen LogP contribution >= 0.6 is 0 Å². The quantitative estimate of drug-likeness (QED) is 0.573. The number of para-hydroxylation sites is 1. The largest absolute Gasteiger partial charge is 0.312 e. The van der Waals surface area contributed by atoms with Crippen molar-refractivity contribution >= 4 is 15.7 Å². The minimum absolute atomic E-state index is 0.293. The molecule has 0 amide bonds. The number of hydrogen-bond acceptors (Lipinski definition) is 5. The minimum Gasteiger partial charge on any atom is -0.248 e. The first-order valence-corrected chi connectivity index (χ1v) is 5.77. The zero-order chi connectivity index (χ0) is 11.6. The third kappa shape index (κ3) is 1.75. The second-order valence-electron chi connectivity index (χ2n) is 2.93. The summed E-state index contributed by atoms with van der Waals surface area (Å²) >= 11 is 0. The number of nitrogens with two attached hydrogens (primary N) is 1. The number of nitrogens with zero attached hydrogens (tertiary/aromatic N) is 3. The number of hydrogen-bond donors (Lipinski definition) is 2. The van der Waals surface area contributed by atoms with E-state index in [2.05, 4.69) is 15.2 Å². The van der Waals surface area contributed by atoms with Crippen LogP contribution < -0.4 is 10.3 Å². The summed E-state index contributed by atoms with van der Waals surface area (Å²) in [6.45, 7) is 0. The van der Waals surface area contributed by atoms with E-state index in [4.69, 9.17) is 5.84 Å². The number of aromatic nitrogens is 3. The van der Waals surface area contributed by atoms with Crippen molar-refractivity contribution < 1.29 is 8.42 Å². The van der Waals surface area contributed by atoms with Crippen molar-refractivity contribution in [2.24, 2.45) is 5.84 Å². The van der Waals surface area contributed by atoms with Gasteiger partial charge in [0.15, 0.2) is 0 Å². The van der Waals surface area contributed by atoms with Gasteiger partial charge in [0.05, 0.1) is 5.69 Å². The lowest BCUT2D eigenvalue weighted by molar-refractivity contribution is 0.583. The Morgan fingerprint density at radius 1 is 1.25 bits per heavy atom. The van der Waals surface area contributed by atoms with Crippen LogP contribution in [0.15, 0.2) is 41.8 Å². The van der Waals surface area contributed by atoms with E-state index in [-0.39, 0.29) is 5.16 Å². The SMILES string of the molecule is NN(c1ccccc1)S(=O)(=O)c1ncn[nH]1. The molecule has 84 valence electrons. The van der Waals surface area contributed by atoms with Gasteiger partial charge in [-0.15, -0.1) is 0 Å². The standard InChI is InChI=1S/C8H9N5O2S/c9-13(7-4-2-1-3-5-7)16(14,15)8-10-6-11-12-8/h1-6H,9H2,(H,10,11,12). The number of hydrazine groups is 1. The number of aromatic amines is 1. The number of nitrogens with one attached hydrogen (secondary N) is 1. The molecule has 0 aliphatic heterocycles. The lowest BCUT2D eigenvalue weighted by atomic mass is 10.3. The molecule has 2 aromatic rings. The fourth-order valence-corrected chi connectivity index (χ4v) is 2.06. The second-order valence-corrected chi connectivity index (χ2v) is 4.66. The Bertz CT molecular complexity index is 551. The molecule has 0 aliphatic carbocycles. The molecule has 1 aromatic heterocycles. The van der Waals surface area contributed by atoms with E-state index < -0.39 is 10.0 Å². The van der Waals surface area contributed by atoms with Gasteiger partial charge in [-0.1, -0.05) is 18.2 Å². The van der Waals surface area contributed by atoms with Gasteiger partial charge in [-0.3, -0.25) is 0 Å². The minimum atomic E-state index is -3.87. The topological polar surface area (TPSA) is 105 Å². The highest BCUT2D eigenvalue weighted by Gasteiger charge is 2.24. The zero-order valence-electron chi connectivity index (χ0n) is 8.11. The normalized spacial score (nSPS) is 11.3. The summed E-state index contributed by atoms with van der Waals surface area (Å²) in [7, 11) is -3.87. The molecule has 0 atom stereocenters. The molecule has 0 unspecified atom stereocenters. The highest BCUT2D eigenvalue weighted by atomic mass is 32.2. The molecular formula is C8H9N5O2S. The molecule has 0 bridgehead atoms. The van der Waals surface area contributed by atoms with Crippen LogP contribution in [0.25, 0.3) is 0 Å². The van der Waals surface area contributed by atoms with Crippen LogP contribution in [0.1, 0.15) is 0 Å². The van der Waals surface area contributed by atoms with E-state index in [1.165, 1.54) is 0 Å². The molecule has 0 radical (unpaired) electrons. The molecule has 2 rings (SSSR count). The van der Waals surface area contributed by atoms with Crippen molar-refractivity contribution in [2.45, 2.75) is 5.16 Å². The smallest absolute Gasteiger partial charge is 0.248 e. The summed E-state index contributed by atoms with van der Waals surface area (Å²) < 4.78 is 24.4. The first kappa shape index (κ1) is 10.6. The summed E-state index contributed by atoms with van der Waals surface area (Å²) in [6.07, 6.45) is 1.10. The Morgan fingerprint density at radius 2 is 1.94 bits per heavy atom. The molecule has 0 saturated carbocycles. The van der Waals surface area contributed by atoms with Crippen molar-refractivity contribution in [1.82, 2.24) is 15.2 Å². The summed E-state index contributed by atoms with van der Waals surface area (Å²) in [5.41, 5.74) is 0.346. The monoisotopic (exact) mass is 239 g/mol.